The lowest BCUT2D eigenvalue weighted by atomic mass is 10.2. The van der Waals surface area contributed by atoms with Crippen LogP contribution in [-0.2, 0) is 4.79 Å². The number of aromatic carboxylic acids is 1. The summed E-state index contributed by atoms with van der Waals surface area (Å²) in [5.74, 6) is -1.15. The predicted octanol–water partition coefficient (Wildman–Crippen LogP) is 1.84. The fourth-order valence-corrected chi connectivity index (χ4v) is 2.42. The number of carboxylic acid groups (broad SMARTS) is 1. The van der Waals surface area contributed by atoms with E-state index in [1.807, 2.05) is 0 Å². The van der Waals surface area contributed by atoms with E-state index in [-0.39, 0.29) is 17.5 Å². The van der Waals surface area contributed by atoms with Crippen LogP contribution in [0.15, 0.2) is 22.7 Å². The fraction of sp³-hybridized carbons (Fsp3) is 0.333. The molecular formula is C12H13BrN2O3. The van der Waals surface area contributed by atoms with Crippen molar-refractivity contribution in [1.82, 2.24) is 5.32 Å². The number of hydrogen-bond donors (Lipinski definition) is 3. The molecule has 0 saturated carbocycles. The van der Waals surface area contributed by atoms with Gasteiger partial charge in [0, 0.05) is 10.2 Å². The van der Waals surface area contributed by atoms with Gasteiger partial charge >= 0.3 is 5.97 Å². The van der Waals surface area contributed by atoms with Crippen LogP contribution in [0.4, 0.5) is 5.69 Å². The molecule has 1 aromatic carbocycles. The fourth-order valence-electron chi connectivity index (χ4n) is 1.92. The van der Waals surface area contributed by atoms with Crippen LogP contribution in [-0.4, -0.2) is 29.6 Å². The van der Waals surface area contributed by atoms with Crippen molar-refractivity contribution in [2.75, 3.05) is 11.9 Å². The maximum absolute atomic E-state index is 11.9. The summed E-state index contributed by atoms with van der Waals surface area (Å²) in [5, 5.41) is 14.7. The average Bonchev–Trinajstić information content (AvgIpc) is 2.81. The van der Waals surface area contributed by atoms with Gasteiger partial charge in [-0.15, -0.1) is 0 Å². The van der Waals surface area contributed by atoms with E-state index in [1.54, 1.807) is 6.07 Å². The SMILES string of the molecule is O=C(O)c1cc(Br)cc(NC(=O)[C@@H]2CCCN2)c1. The van der Waals surface area contributed by atoms with Gasteiger partial charge in [0.2, 0.25) is 5.91 Å². The van der Waals surface area contributed by atoms with Crippen molar-refractivity contribution < 1.29 is 14.7 Å². The van der Waals surface area contributed by atoms with Gasteiger partial charge in [-0.3, -0.25) is 4.79 Å². The van der Waals surface area contributed by atoms with Crippen LogP contribution in [0.2, 0.25) is 0 Å². The lowest BCUT2D eigenvalue weighted by molar-refractivity contribution is -0.117. The number of carboxylic acids is 1. The first-order valence-corrected chi connectivity index (χ1v) is 6.44. The number of benzene rings is 1. The van der Waals surface area contributed by atoms with Gasteiger partial charge < -0.3 is 15.7 Å². The Hall–Kier alpha value is -1.40. The van der Waals surface area contributed by atoms with Crippen LogP contribution in [0.25, 0.3) is 0 Å². The zero-order valence-corrected chi connectivity index (χ0v) is 11.2. The number of nitrogens with one attached hydrogen (secondary N) is 2. The average molecular weight is 313 g/mol. The summed E-state index contributed by atoms with van der Waals surface area (Å²) in [7, 11) is 0. The summed E-state index contributed by atoms with van der Waals surface area (Å²) in [6, 6.07) is 4.43. The highest BCUT2D eigenvalue weighted by Gasteiger charge is 2.22. The van der Waals surface area contributed by atoms with Crippen molar-refractivity contribution in [3.8, 4) is 0 Å². The zero-order chi connectivity index (χ0) is 13.1. The van der Waals surface area contributed by atoms with Crippen LogP contribution in [0.1, 0.15) is 23.2 Å². The third kappa shape index (κ3) is 3.08. The molecule has 1 aliphatic rings. The molecule has 0 spiro atoms. The third-order valence-corrected chi connectivity index (χ3v) is 3.25. The molecule has 1 amide bonds. The largest absolute Gasteiger partial charge is 0.478 e. The lowest BCUT2D eigenvalue weighted by Crippen LogP contribution is -2.35. The van der Waals surface area contributed by atoms with Crippen molar-refractivity contribution in [3.05, 3.63) is 28.2 Å². The van der Waals surface area contributed by atoms with Gasteiger partial charge in [0.15, 0.2) is 0 Å². The Morgan fingerprint density at radius 1 is 1.39 bits per heavy atom. The predicted molar refractivity (Wildman–Crippen MR) is 70.8 cm³/mol. The van der Waals surface area contributed by atoms with Crippen molar-refractivity contribution >= 4 is 33.5 Å². The molecule has 1 heterocycles. The highest BCUT2D eigenvalue weighted by molar-refractivity contribution is 9.10. The number of amides is 1. The Kier molecular flexibility index (Phi) is 3.98. The monoisotopic (exact) mass is 312 g/mol. The highest BCUT2D eigenvalue weighted by Crippen LogP contribution is 2.20. The van der Waals surface area contributed by atoms with Gasteiger partial charge in [-0.2, -0.15) is 0 Å². The summed E-state index contributed by atoms with van der Waals surface area (Å²) < 4.78 is 0.622. The van der Waals surface area contributed by atoms with E-state index in [0.717, 1.165) is 19.4 Å². The second-order valence-electron chi connectivity index (χ2n) is 4.17. The van der Waals surface area contributed by atoms with Crippen molar-refractivity contribution in [2.45, 2.75) is 18.9 Å². The van der Waals surface area contributed by atoms with E-state index in [0.29, 0.717) is 10.2 Å². The van der Waals surface area contributed by atoms with Gasteiger partial charge in [0.25, 0.3) is 0 Å². The van der Waals surface area contributed by atoms with Crippen LogP contribution in [0.5, 0.6) is 0 Å². The maximum Gasteiger partial charge on any atom is 0.335 e. The van der Waals surface area contributed by atoms with Gasteiger partial charge in [0.05, 0.1) is 11.6 Å². The molecule has 0 radical (unpaired) electrons. The Morgan fingerprint density at radius 2 is 2.17 bits per heavy atom. The summed E-state index contributed by atoms with van der Waals surface area (Å²) in [4.78, 5) is 22.8. The number of hydrogen-bond acceptors (Lipinski definition) is 3. The van der Waals surface area contributed by atoms with Gasteiger partial charge in [-0.25, -0.2) is 4.79 Å². The first-order chi connectivity index (χ1) is 8.56. The van der Waals surface area contributed by atoms with Crippen molar-refractivity contribution in [1.29, 1.82) is 0 Å². The first-order valence-electron chi connectivity index (χ1n) is 5.64. The van der Waals surface area contributed by atoms with Crippen molar-refractivity contribution in [3.63, 3.8) is 0 Å². The molecule has 1 aromatic rings. The molecule has 96 valence electrons. The third-order valence-electron chi connectivity index (χ3n) is 2.79. The van der Waals surface area contributed by atoms with Crippen LogP contribution >= 0.6 is 15.9 Å². The Morgan fingerprint density at radius 3 is 2.78 bits per heavy atom. The zero-order valence-electron chi connectivity index (χ0n) is 9.57. The Bertz CT molecular complexity index is 484. The minimum atomic E-state index is -1.02. The standard InChI is InChI=1S/C12H13BrN2O3/c13-8-4-7(12(17)18)5-9(6-8)15-11(16)10-2-1-3-14-10/h4-6,10,14H,1-3H2,(H,15,16)(H,17,18)/t10-/m0/s1. The Labute approximate surface area is 113 Å². The quantitative estimate of drug-likeness (QED) is 0.795. The molecule has 18 heavy (non-hydrogen) atoms. The molecule has 1 saturated heterocycles. The van der Waals surface area contributed by atoms with E-state index in [2.05, 4.69) is 26.6 Å². The molecule has 6 heteroatoms. The lowest BCUT2D eigenvalue weighted by Gasteiger charge is -2.11. The molecule has 5 nitrogen and oxygen atoms in total. The highest BCUT2D eigenvalue weighted by atomic mass is 79.9. The van der Waals surface area contributed by atoms with E-state index in [1.165, 1.54) is 12.1 Å². The number of halogens is 1. The first kappa shape index (κ1) is 13.0. The number of anilines is 1. The molecule has 0 aromatic heterocycles. The molecule has 0 aliphatic carbocycles. The normalized spacial score (nSPS) is 18.6. The van der Waals surface area contributed by atoms with E-state index < -0.39 is 5.97 Å². The van der Waals surface area contributed by atoms with E-state index in [4.69, 9.17) is 5.11 Å². The molecule has 1 fully saturated rings. The van der Waals surface area contributed by atoms with Gasteiger partial charge in [-0.1, -0.05) is 15.9 Å². The number of carbonyl (C=O) groups is 2. The molecular weight excluding hydrogens is 300 g/mol. The molecule has 0 unspecified atom stereocenters. The molecule has 1 aliphatic heterocycles. The minimum Gasteiger partial charge on any atom is -0.478 e. The summed E-state index contributed by atoms with van der Waals surface area (Å²) >= 11 is 3.22. The molecule has 2 rings (SSSR count). The molecule has 1 atom stereocenters. The van der Waals surface area contributed by atoms with Crippen LogP contribution in [0, 0.1) is 0 Å². The van der Waals surface area contributed by atoms with Gasteiger partial charge in [-0.05, 0) is 37.6 Å². The molecule has 3 N–H and O–H groups in total. The number of rotatable bonds is 3. The van der Waals surface area contributed by atoms with E-state index >= 15 is 0 Å². The Balaban J connectivity index is 2.13. The molecule has 0 bridgehead atoms. The summed E-state index contributed by atoms with van der Waals surface area (Å²) in [6.07, 6.45) is 1.79. The van der Waals surface area contributed by atoms with Crippen molar-refractivity contribution in [2.24, 2.45) is 0 Å². The summed E-state index contributed by atoms with van der Waals surface area (Å²) in [5.41, 5.74) is 0.625. The minimum absolute atomic E-state index is 0.123. The smallest absolute Gasteiger partial charge is 0.335 e. The van der Waals surface area contributed by atoms with Crippen LogP contribution in [0.3, 0.4) is 0 Å². The number of carbonyl (C=O) groups excluding carboxylic acids is 1. The summed E-state index contributed by atoms with van der Waals surface area (Å²) in [6.45, 7) is 0.844. The van der Waals surface area contributed by atoms with E-state index in [9.17, 15) is 9.59 Å². The second-order valence-corrected chi connectivity index (χ2v) is 5.09. The van der Waals surface area contributed by atoms with Gasteiger partial charge in [0.1, 0.15) is 0 Å². The second kappa shape index (κ2) is 5.49. The van der Waals surface area contributed by atoms with Crippen LogP contribution < -0.4 is 10.6 Å². The topological polar surface area (TPSA) is 78.4 Å². The maximum atomic E-state index is 11.9.